The predicted molar refractivity (Wildman–Crippen MR) is 144 cm³/mol. The van der Waals surface area contributed by atoms with Gasteiger partial charge in [-0.05, 0) is 49.7 Å². The van der Waals surface area contributed by atoms with Crippen molar-refractivity contribution in [3.05, 3.63) is 84.6 Å². The zero-order valence-electron chi connectivity index (χ0n) is 21.6. The quantitative estimate of drug-likeness (QED) is 0.377. The van der Waals surface area contributed by atoms with Crippen LogP contribution in [0.15, 0.2) is 73.2 Å². The van der Waals surface area contributed by atoms with E-state index in [-0.39, 0.29) is 6.03 Å². The van der Waals surface area contributed by atoms with Crippen molar-refractivity contribution in [2.24, 2.45) is 0 Å². The van der Waals surface area contributed by atoms with Crippen LogP contribution in [0.5, 0.6) is 17.4 Å². The zero-order valence-corrected chi connectivity index (χ0v) is 21.6. The van der Waals surface area contributed by atoms with Crippen LogP contribution < -0.4 is 19.7 Å². The van der Waals surface area contributed by atoms with Crippen molar-refractivity contribution in [2.75, 3.05) is 37.7 Å². The maximum atomic E-state index is 12.9. The monoisotopic (exact) mass is 513 g/mol. The average Bonchev–Trinajstić information content (AvgIpc) is 3.38. The van der Waals surface area contributed by atoms with Crippen LogP contribution in [-0.2, 0) is 6.54 Å². The molecule has 1 aliphatic heterocycles. The second kappa shape index (κ2) is 11.6. The van der Waals surface area contributed by atoms with Gasteiger partial charge in [-0.2, -0.15) is 5.10 Å². The van der Waals surface area contributed by atoms with Crippen molar-refractivity contribution in [1.29, 1.82) is 0 Å². The Morgan fingerprint density at radius 1 is 1.00 bits per heavy atom. The Kier molecular flexibility index (Phi) is 7.67. The van der Waals surface area contributed by atoms with Gasteiger partial charge in [-0.3, -0.25) is 0 Å². The topological polar surface area (TPSA) is 97.6 Å². The first-order chi connectivity index (χ1) is 18.6. The van der Waals surface area contributed by atoms with Crippen LogP contribution in [0.25, 0.3) is 5.69 Å². The lowest BCUT2D eigenvalue weighted by atomic mass is 10.2. The Morgan fingerprint density at radius 2 is 1.87 bits per heavy atom. The number of pyridine rings is 1. The minimum Gasteiger partial charge on any atom is -0.492 e. The molecular formula is C28H31N7O3. The lowest BCUT2D eigenvalue weighted by molar-refractivity contribution is 0.194. The number of anilines is 1. The minimum atomic E-state index is -0.0763. The van der Waals surface area contributed by atoms with Gasteiger partial charge in [0.05, 0.1) is 6.61 Å². The summed E-state index contributed by atoms with van der Waals surface area (Å²) in [4.78, 5) is 25.4. The fraction of sp³-hybridized carbons (Fsp3) is 0.286. The van der Waals surface area contributed by atoms with Crippen LogP contribution in [-0.4, -0.2) is 63.5 Å². The van der Waals surface area contributed by atoms with E-state index in [1.807, 2.05) is 67.3 Å². The summed E-state index contributed by atoms with van der Waals surface area (Å²) in [6, 6.07) is 19.2. The third kappa shape index (κ3) is 6.03. The van der Waals surface area contributed by atoms with Gasteiger partial charge in [-0.1, -0.05) is 18.2 Å². The van der Waals surface area contributed by atoms with Crippen LogP contribution in [0.1, 0.15) is 18.3 Å². The van der Waals surface area contributed by atoms with E-state index >= 15 is 0 Å². The van der Waals surface area contributed by atoms with Gasteiger partial charge < -0.3 is 24.6 Å². The van der Waals surface area contributed by atoms with Crippen molar-refractivity contribution in [3.63, 3.8) is 0 Å². The van der Waals surface area contributed by atoms with Crippen LogP contribution in [0.3, 0.4) is 0 Å². The number of hydrogen-bond acceptors (Lipinski definition) is 7. The SMILES string of the molecule is CCOc1cc(N2CCN(C(=O)NCc3cccc(Oc4ccccn4)c3)CC2)ccc1-n1cnc(C)n1. The Bertz CT molecular complexity index is 1370. The molecule has 2 aromatic carbocycles. The molecule has 38 heavy (non-hydrogen) atoms. The van der Waals surface area contributed by atoms with Gasteiger partial charge in [0.1, 0.15) is 29.3 Å². The molecule has 0 spiro atoms. The van der Waals surface area contributed by atoms with Crippen molar-refractivity contribution < 1.29 is 14.3 Å². The molecule has 0 unspecified atom stereocenters. The lowest BCUT2D eigenvalue weighted by Gasteiger charge is -2.36. The molecule has 4 aromatic rings. The highest BCUT2D eigenvalue weighted by Gasteiger charge is 2.22. The van der Waals surface area contributed by atoms with Crippen molar-refractivity contribution in [3.8, 4) is 23.1 Å². The molecule has 3 heterocycles. The summed E-state index contributed by atoms with van der Waals surface area (Å²) >= 11 is 0. The molecule has 0 bridgehead atoms. The number of amides is 2. The summed E-state index contributed by atoms with van der Waals surface area (Å²) in [6.45, 7) is 7.50. The second-order valence-corrected chi connectivity index (χ2v) is 8.87. The average molecular weight is 514 g/mol. The number of nitrogens with zero attached hydrogens (tertiary/aromatic N) is 6. The zero-order chi connectivity index (χ0) is 26.3. The molecular weight excluding hydrogens is 482 g/mol. The molecule has 10 nitrogen and oxygen atoms in total. The summed E-state index contributed by atoms with van der Waals surface area (Å²) in [6.07, 6.45) is 3.37. The van der Waals surface area contributed by atoms with Gasteiger partial charge in [-0.15, -0.1) is 0 Å². The molecule has 0 saturated carbocycles. The standard InChI is InChI=1S/C28H31N7O3/c1-3-37-26-18-23(10-11-25(26)35-20-31-21(2)32-35)33-13-15-34(16-14-33)28(36)30-19-22-7-6-8-24(17-22)38-27-9-4-5-12-29-27/h4-12,17-18,20H,3,13-16,19H2,1-2H3,(H,30,36). The van der Waals surface area contributed by atoms with E-state index in [2.05, 4.69) is 31.3 Å². The first kappa shape index (κ1) is 25.1. The number of aryl methyl sites for hydroxylation is 1. The summed E-state index contributed by atoms with van der Waals surface area (Å²) < 4.78 is 13.4. The predicted octanol–water partition coefficient (Wildman–Crippen LogP) is 4.19. The fourth-order valence-corrected chi connectivity index (χ4v) is 4.33. The first-order valence-corrected chi connectivity index (χ1v) is 12.7. The highest BCUT2D eigenvalue weighted by molar-refractivity contribution is 5.74. The molecule has 10 heteroatoms. The summed E-state index contributed by atoms with van der Waals surface area (Å²) in [5.41, 5.74) is 2.86. The molecule has 196 valence electrons. The second-order valence-electron chi connectivity index (χ2n) is 8.87. The maximum absolute atomic E-state index is 12.9. The van der Waals surface area contributed by atoms with E-state index in [0.717, 1.165) is 35.8 Å². The number of nitrogens with one attached hydrogen (secondary N) is 1. The molecule has 0 atom stereocenters. The van der Waals surface area contributed by atoms with E-state index < -0.39 is 0 Å². The smallest absolute Gasteiger partial charge is 0.317 e. The van der Waals surface area contributed by atoms with Crippen LogP contribution in [0, 0.1) is 6.92 Å². The molecule has 5 rings (SSSR count). The molecule has 0 aliphatic carbocycles. The van der Waals surface area contributed by atoms with Gasteiger partial charge in [0.15, 0.2) is 0 Å². The van der Waals surface area contributed by atoms with E-state index in [9.17, 15) is 4.79 Å². The molecule has 1 fully saturated rings. The van der Waals surface area contributed by atoms with Gasteiger partial charge in [-0.25, -0.2) is 19.4 Å². The number of carbonyl (C=O) groups is 1. The number of carbonyl (C=O) groups excluding carboxylic acids is 1. The number of benzene rings is 2. The Hall–Kier alpha value is -4.60. The summed E-state index contributed by atoms with van der Waals surface area (Å²) in [5, 5.41) is 7.44. The highest BCUT2D eigenvalue weighted by atomic mass is 16.5. The van der Waals surface area contributed by atoms with E-state index in [1.54, 1.807) is 23.3 Å². The Balaban J connectivity index is 1.15. The molecule has 2 amide bonds. The molecule has 2 aromatic heterocycles. The van der Waals surface area contributed by atoms with Gasteiger partial charge >= 0.3 is 6.03 Å². The first-order valence-electron chi connectivity index (χ1n) is 12.7. The van der Waals surface area contributed by atoms with Crippen LogP contribution >= 0.6 is 0 Å². The Morgan fingerprint density at radius 3 is 2.61 bits per heavy atom. The Labute approximate surface area is 221 Å². The third-order valence-electron chi connectivity index (χ3n) is 6.23. The summed E-state index contributed by atoms with van der Waals surface area (Å²) in [7, 11) is 0. The maximum Gasteiger partial charge on any atom is 0.317 e. The molecule has 0 radical (unpaired) electrons. The van der Waals surface area contributed by atoms with Gasteiger partial charge in [0.2, 0.25) is 5.88 Å². The number of rotatable bonds is 8. The normalized spacial score (nSPS) is 13.3. The van der Waals surface area contributed by atoms with Crippen molar-refractivity contribution in [1.82, 2.24) is 30.0 Å². The molecule has 1 saturated heterocycles. The number of hydrogen-bond donors (Lipinski definition) is 1. The largest absolute Gasteiger partial charge is 0.492 e. The minimum absolute atomic E-state index is 0.0763. The van der Waals surface area contributed by atoms with Crippen LogP contribution in [0.2, 0.25) is 0 Å². The highest BCUT2D eigenvalue weighted by Crippen LogP contribution is 2.29. The third-order valence-corrected chi connectivity index (χ3v) is 6.23. The van der Waals surface area contributed by atoms with E-state index in [4.69, 9.17) is 9.47 Å². The van der Waals surface area contributed by atoms with Crippen LogP contribution in [0.4, 0.5) is 10.5 Å². The number of ether oxygens (including phenoxy) is 2. The van der Waals surface area contributed by atoms with E-state index in [1.165, 1.54) is 0 Å². The number of aromatic nitrogens is 4. The van der Waals surface area contributed by atoms with Gasteiger partial charge in [0, 0.05) is 56.7 Å². The number of urea groups is 1. The van der Waals surface area contributed by atoms with Crippen molar-refractivity contribution >= 4 is 11.7 Å². The summed E-state index contributed by atoms with van der Waals surface area (Å²) in [5.74, 6) is 2.67. The molecule has 1 N–H and O–H groups in total. The van der Waals surface area contributed by atoms with Gasteiger partial charge in [0.25, 0.3) is 0 Å². The lowest BCUT2D eigenvalue weighted by Crippen LogP contribution is -2.51. The van der Waals surface area contributed by atoms with Crippen molar-refractivity contribution in [2.45, 2.75) is 20.4 Å². The number of piperazine rings is 1. The van der Waals surface area contributed by atoms with E-state index in [0.29, 0.717) is 43.7 Å². The fourth-order valence-electron chi connectivity index (χ4n) is 4.33. The molecule has 1 aliphatic rings.